The number of hydrogen-bond acceptors (Lipinski definition) is 14. The highest BCUT2D eigenvalue weighted by Crippen LogP contribution is 2.56. The Bertz CT molecular complexity index is 5980. The van der Waals surface area contributed by atoms with Crippen molar-refractivity contribution in [1.82, 2.24) is 29.9 Å². The number of anilines is 4. The van der Waals surface area contributed by atoms with Crippen LogP contribution in [0.3, 0.4) is 0 Å². The first-order valence-corrected chi connectivity index (χ1v) is 40.5. The van der Waals surface area contributed by atoms with Crippen molar-refractivity contribution < 1.29 is 73.2 Å². The lowest BCUT2D eigenvalue weighted by Gasteiger charge is -2.14. The third-order valence-electron chi connectivity index (χ3n) is 18.0. The van der Waals surface area contributed by atoms with Gasteiger partial charge in [-0.2, -0.15) is 43.2 Å². The summed E-state index contributed by atoms with van der Waals surface area (Å²) in [6, 6.07) is 56.9. The Labute approximate surface area is 598 Å². The number of hydrogen-bond donors (Lipinski definition) is 8. The molecule has 6 unspecified atom stereocenters. The third-order valence-corrected chi connectivity index (χ3v) is 22.4. The first-order valence-electron chi connectivity index (χ1n) is 32.2. The van der Waals surface area contributed by atoms with Crippen LogP contribution < -0.4 is 24.0 Å². The number of carbonyl (C=O) groups excluding carboxylic acids is 1. The van der Waals surface area contributed by atoms with E-state index in [0.717, 1.165) is 105 Å². The first kappa shape index (κ1) is 72.9. The van der Waals surface area contributed by atoms with E-state index in [4.69, 9.17) is 15.1 Å². The minimum Gasteiger partial charge on any atom is -0.342 e. The Morgan fingerprint density at radius 3 is 1.12 bits per heavy atom. The van der Waals surface area contributed by atoms with Crippen LogP contribution in [0.25, 0.3) is 66.5 Å². The summed E-state index contributed by atoms with van der Waals surface area (Å²) in [6.07, 6.45) is 4.82. The van der Waals surface area contributed by atoms with Crippen molar-refractivity contribution in [1.29, 1.82) is 0 Å². The minimum absolute atomic E-state index is 0.0101. The Balaban J connectivity index is 0.000000140. The van der Waals surface area contributed by atoms with E-state index in [-0.39, 0.29) is 51.6 Å². The predicted octanol–water partition coefficient (Wildman–Crippen LogP) is 14.6. The van der Waals surface area contributed by atoms with Gasteiger partial charge in [-0.05, 0) is 168 Å². The Kier molecular flexibility index (Phi) is 19.1. The standard InChI is InChI=1S/C25H20F3N3O3S.C24H21F3N4O4S2.C23H22N4O4S2/c1-14(32)18-4-2-3-5-19(18)16-8-11-22-23(12-16)30-24(29-22)21-13-20(21)15-6-9-17(10-7-15)31-35(33,34)25(26,27)28;1-36(32,33)30-16-9-6-14(7-10-16)18-13-19(18)23-28-21-11-8-15(12-22(21)29-23)17-4-2-3-5-20(17)31-37(34,35)24(25,26)27;1-32(28,29)27-16-9-6-14(7-10-16)18-13-19(18)23-25-20-11-8-15(12-21(20)26-23)17-4-2-3-5-22(17)33(24,30)31/h2-12,20-21,31H,13H2,1H3,(H,29,30);2-12,18-19,30-31H,13H2,1H3,(H,28,29);2-12,18-19,27H,13H2,1H3,(H,25,26)(H2,24,30,31). The number of nitrogens with two attached hydrogens (primary N) is 1. The van der Waals surface area contributed by atoms with Crippen molar-refractivity contribution in [3.05, 3.63) is 240 Å². The SMILES string of the molecule is CC(=O)c1ccccc1-c1ccc2nc(C3CC3c3ccc(NS(=O)(=O)C(F)(F)F)cc3)[nH]c2c1.CS(=O)(=O)Nc1ccc(C2CC2c2nc3ccc(-c4ccccc4NS(=O)(=O)C(F)(F)F)cc3[nH]2)cc1.CS(=O)(=O)Nc1ccc(C2CC2c2nc3ccc(-c4ccccc4S(N)(=O)=O)cc3[nH]2)cc1. The van der Waals surface area contributed by atoms with Gasteiger partial charge in [0.1, 0.15) is 17.5 Å². The highest BCUT2D eigenvalue weighted by atomic mass is 32.2. The topological polar surface area (TPSA) is 348 Å². The zero-order valence-electron chi connectivity index (χ0n) is 55.4. The first-order chi connectivity index (χ1) is 49.4. The lowest BCUT2D eigenvalue weighted by Crippen LogP contribution is -2.30. The fourth-order valence-electron chi connectivity index (χ4n) is 12.8. The average molecular weight is 1530 g/mol. The molecule has 3 fully saturated rings. The summed E-state index contributed by atoms with van der Waals surface area (Å²) >= 11 is 0. The van der Waals surface area contributed by atoms with Gasteiger partial charge in [0.25, 0.3) is 0 Å². The maximum absolute atomic E-state index is 12.9. The molecule has 15 rings (SSSR count). The number of aromatic nitrogens is 6. The van der Waals surface area contributed by atoms with Crippen LogP contribution in [0.1, 0.15) is 106 Å². The van der Waals surface area contributed by atoms with Gasteiger partial charge in [-0.1, -0.05) is 115 Å². The molecule has 0 bridgehead atoms. The number of fused-ring (bicyclic) bond motifs is 3. The van der Waals surface area contributed by atoms with Crippen molar-refractivity contribution in [3.8, 4) is 33.4 Å². The molecule has 3 saturated carbocycles. The predicted molar refractivity (Wildman–Crippen MR) is 390 cm³/mol. The number of H-pyrrole nitrogens is 3. The van der Waals surface area contributed by atoms with Crippen LogP contribution in [0.4, 0.5) is 49.1 Å². The number of ketones is 1. The number of benzene rings is 9. The van der Waals surface area contributed by atoms with E-state index < -0.39 is 61.1 Å². The van der Waals surface area contributed by atoms with Gasteiger partial charge in [0.2, 0.25) is 30.1 Å². The summed E-state index contributed by atoms with van der Waals surface area (Å²) in [5.41, 5.74) is 2.06. The van der Waals surface area contributed by atoms with Crippen LogP contribution in [0, 0.1) is 0 Å². The number of aromatic amines is 3. The van der Waals surface area contributed by atoms with E-state index in [1.807, 2.05) is 78.9 Å². The monoisotopic (exact) mass is 1530 g/mol. The number of rotatable bonds is 19. The van der Waals surface area contributed by atoms with Crippen LogP contribution in [-0.4, -0.2) is 101 Å². The molecule has 0 saturated heterocycles. The third kappa shape index (κ3) is 16.6. The Hall–Kier alpha value is -10.5. The number of imidazole rings is 3. The van der Waals surface area contributed by atoms with Crippen LogP contribution in [0.2, 0.25) is 0 Å². The van der Waals surface area contributed by atoms with Gasteiger partial charge in [-0.25, -0.2) is 45.3 Å². The van der Waals surface area contributed by atoms with Crippen LogP contribution in [0.15, 0.2) is 205 Å². The summed E-state index contributed by atoms with van der Waals surface area (Å²) in [6.45, 7) is 1.54. The van der Waals surface area contributed by atoms with E-state index in [1.54, 1.807) is 94.4 Å². The smallest absolute Gasteiger partial charge is 0.342 e. The maximum atomic E-state index is 12.9. The van der Waals surface area contributed by atoms with Gasteiger partial charge in [0, 0.05) is 51.5 Å². The summed E-state index contributed by atoms with van der Waals surface area (Å²) in [7, 11) is -21.5. The van der Waals surface area contributed by atoms with Gasteiger partial charge in [-0.15, -0.1) is 0 Å². The molecular weight excluding hydrogens is 1470 g/mol. The Morgan fingerprint density at radius 1 is 0.410 bits per heavy atom. The number of carbonyl (C=O) groups is 1. The zero-order valence-corrected chi connectivity index (χ0v) is 59.4. The highest BCUT2D eigenvalue weighted by molar-refractivity contribution is 7.94. The number of alkyl halides is 6. The summed E-state index contributed by atoms with van der Waals surface area (Å²) in [5.74, 6) is 3.58. The molecule has 544 valence electrons. The van der Waals surface area contributed by atoms with E-state index in [0.29, 0.717) is 50.6 Å². The number of nitrogens with zero attached hydrogens (tertiary/aromatic N) is 3. The van der Waals surface area contributed by atoms with E-state index >= 15 is 0 Å². The van der Waals surface area contributed by atoms with Crippen molar-refractivity contribution in [2.24, 2.45) is 5.14 Å². The molecule has 12 aromatic rings. The number of nitrogens with one attached hydrogen (secondary N) is 7. The van der Waals surface area contributed by atoms with Gasteiger partial charge in [0.15, 0.2) is 5.78 Å². The van der Waals surface area contributed by atoms with Crippen molar-refractivity contribution in [2.75, 3.05) is 31.4 Å². The van der Waals surface area contributed by atoms with Crippen LogP contribution in [0.5, 0.6) is 0 Å². The summed E-state index contributed by atoms with van der Waals surface area (Å²) in [4.78, 5) is 36.2. The number of primary sulfonamides is 1. The fraction of sp³-hybridized carbons (Fsp3) is 0.194. The molecule has 3 aliphatic carbocycles. The van der Waals surface area contributed by atoms with Crippen molar-refractivity contribution in [3.63, 3.8) is 0 Å². The van der Waals surface area contributed by atoms with Gasteiger partial charge in [-0.3, -0.25) is 23.7 Å². The number of Topliss-reactive ketones (excluding diaryl/α,β-unsaturated/α-hetero) is 1. The highest BCUT2D eigenvalue weighted by Gasteiger charge is 2.48. The molecule has 105 heavy (non-hydrogen) atoms. The van der Waals surface area contributed by atoms with E-state index in [9.17, 15) is 73.2 Å². The summed E-state index contributed by atoms with van der Waals surface area (Å²) in [5, 5.41) is 5.39. The average Bonchev–Trinajstić information content (AvgIpc) is 1.63. The van der Waals surface area contributed by atoms with Gasteiger partial charge >= 0.3 is 31.1 Å². The quantitative estimate of drug-likeness (QED) is 0.0276. The molecule has 3 aliphatic rings. The molecule has 9 N–H and O–H groups in total. The lowest BCUT2D eigenvalue weighted by molar-refractivity contribution is -0.0435. The second kappa shape index (κ2) is 27.5. The van der Waals surface area contributed by atoms with E-state index in [2.05, 4.69) is 29.4 Å². The van der Waals surface area contributed by atoms with E-state index in [1.165, 1.54) is 43.3 Å². The van der Waals surface area contributed by atoms with Crippen LogP contribution >= 0.6 is 0 Å². The Morgan fingerprint density at radius 2 is 0.743 bits per heavy atom. The molecule has 0 aliphatic heterocycles. The second-order valence-electron chi connectivity index (χ2n) is 25.8. The largest absolute Gasteiger partial charge is 0.516 e. The molecule has 0 amide bonds. The second-order valence-corrected chi connectivity index (χ2v) is 34.2. The number of sulfonamides is 5. The molecule has 6 atom stereocenters. The number of halogens is 6. The molecule has 22 nitrogen and oxygen atoms in total. The molecular formula is C72H63F6N11O11S5. The zero-order chi connectivity index (χ0) is 74.9. The summed E-state index contributed by atoms with van der Waals surface area (Å²) < 4.78 is 200. The lowest BCUT2D eigenvalue weighted by atomic mass is 9.97. The minimum atomic E-state index is -5.57. The van der Waals surface area contributed by atoms with Crippen molar-refractivity contribution >= 4 is 112 Å². The molecule has 3 aromatic heterocycles. The maximum Gasteiger partial charge on any atom is 0.516 e. The molecule has 3 heterocycles. The fourth-order valence-corrected chi connectivity index (χ4v) is 15.8. The molecule has 9 aromatic carbocycles. The normalized spacial score (nSPS) is 18.1. The molecule has 0 spiro atoms. The molecule has 0 radical (unpaired) electrons. The van der Waals surface area contributed by atoms with Gasteiger partial charge in [0.05, 0.1) is 56.2 Å². The number of para-hydroxylation sites is 1. The van der Waals surface area contributed by atoms with Crippen molar-refractivity contribution in [2.45, 2.75) is 77.6 Å². The van der Waals surface area contributed by atoms with Gasteiger partial charge < -0.3 is 15.0 Å². The molecule has 33 heteroatoms. The van der Waals surface area contributed by atoms with Crippen LogP contribution in [-0.2, 0) is 50.1 Å².